The van der Waals surface area contributed by atoms with Gasteiger partial charge in [-0.05, 0) is 18.2 Å². The van der Waals surface area contributed by atoms with E-state index < -0.39 is 0 Å². The average Bonchev–Trinajstić information content (AvgIpc) is 2.81. The van der Waals surface area contributed by atoms with Crippen LogP contribution in [0.1, 0.15) is 15.4 Å². The Hall–Kier alpha value is -1.39. The lowest BCUT2D eigenvalue weighted by atomic mass is 10.1. The number of carbonyl (C=O) groups excluding carboxylic acids is 1. The van der Waals surface area contributed by atoms with Crippen molar-refractivity contribution in [1.82, 2.24) is 4.98 Å². The summed E-state index contributed by atoms with van der Waals surface area (Å²) in [5.41, 5.74) is 0.534. The Balaban J connectivity index is 2.24. The molecular formula is C12H10ClNO2S. The zero-order valence-corrected chi connectivity index (χ0v) is 10.7. The van der Waals surface area contributed by atoms with E-state index in [1.54, 1.807) is 24.4 Å². The first kappa shape index (κ1) is 12.1. The van der Waals surface area contributed by atoms with E-state index in [0.29, 0.717) is 16.3 Å². The standard InChI is InChI=1S/C12H10ClNO2S/c1-16-11-6-8(13)2-3-9(11)10(15)7-12-14-4-5-17-12/h2-6H,7H2,1H3. The molecule has 3 nitrogen and oxygen atoms in total. The first-order valence-electron chi connectivity index (χ1n) is 4.96. The van der Waals surface area contributed by atoms with Gasteiger partial charge in [-0.1, -0.05) is 11.6 Å². The van der Waals surface area contributed by atoms with Gasteiger partial charge in [0.15, 0.2) is 5.78 Å². The largest absolute Gasteiger partial charge is 0.496 e. The average molecular weight is 268 g/mol. The Morgan fingerprint density at radius 1 is 1.53 bits per heavy atom. The lowest BCUT2D eigenvalue weighted by Crippen LogP contribution is -2.05. The molecule has 0 bridgehead atoms. The molecule has 0 aliphatic rings. The summed E-state index contributed by atoms with van der Waals surface area (Å²) in [6.07, 6.45) is 1.97. The molecule has 0 saturated heterocycles. The lowest BCUT2D eigenvalue weighted by Gasteiger charge is -2.07. The van der Waals surface area contributed by atoms with E-state index in [1.165, 1.54) is 18.4 Å². The molecule has 1 aromatic heterocycles. The molecule has 5 heteroatoms. The fourth-order valence-corrected chi connectivity index (χ4v) is 2.25. The van der Waals surface area contributed by atoms with Crippen LogP contribution in [0.4, 0.5) is 0 Å². The fraction of sp³-hybridized carbons (Fsp3) is 0.167. The summed E-state index contributed by atoms with van der Waals surface area (Å²) < 4.78 is 5.14. The number of nitrogens with zero attached hydrogens (tertiary/aromatic N) is 1. The van der Waals surface area contributed by atoms with Crippen LogP contribution in [0, 0.1) is 0 Å². The Morgan fingerprint density at radius 2 is 2.35 bits per heavy atom. The zero-order valence-electron chi connectivity index (χ0n) is 9.14. The van der Waals surface area contributed by atoms with Crippen molar-refractivity contribution in [1.29, 1.82) is 0 Å². The van der Waals surface area contributed by atoms with Crippen molar-refractivity contribution in [3.8, 4) is 5.75 Å². The number of carbonyl (C=O) groups is 1. The second-order valence-electron chi connectivity index (χ2n) is 3.37. The molecule has 0 amide bonds. The van der Waals surface area contributed by atoms with Crippen molar-refractivity contribution < 1.29 is 9.53 Å². The summed E-state index contributed by atoms with van der Waals surface area (Å²) >= 11 is 7.31. The number of ether oxygens (including phenoxy) is 1. The molecule has 0 aliphatic carbocycles. The van der Waals surface area contributed by atoms with E-state index in [2.05, 4.69) is 4.98 Å². The van der Waals surface area contributed by atoms with E-state index in [4.69, 9.17) is 16.3 Å². The predicted octanol–water partition coefficient (Wildman–Crippen LogP) is 3.23. The molecule has 0 spiro atoms. The van der Waals surface area contributed by atoms with Gasteiger partial charge in [-0.25, -0.2) is 4.98 Å². The number of hydrogen-bond acceptors (Lipinski definition) is 4. The minimum atomic E-state index is -0.0199. The molecule has 0 aliphatic heterocycles. The highest BCUT2D eigenvalue weighted by atomic mass is 35.5. The van der Waals surface area contributed by atoms with Crippen LogP contribution in [0.25, 0.3) is 0 Å². The van der Waals surface area contributed by atoms with Crippen LogP contribution in [-0.2, 0) is 6.42 Å². The molecule has 0 N–H and O–H groups in total. The SMILES string of the molecule is COc1cc(Cl)ccc1C(=O)Cc1nccs1. The van der Waals surface area contributed by atoms with Gasteiger partial charge >= 0.3 is 0 Å². The van der Waals surface area contributed by atoms with Crippen LogP contribution < -0.4 is 4.74 Å². The number of thiazole rings is 1. The number of benzene rings is 1. The van der Waals surface area contributed by atoms with E-state index in [9.17, 15) is 4.79 Å². The fourth-order valence-electron chi connectivity index (χ4n) is 1.47. The molecule has 0 unspecified atom stereocenters. The minimum Gasteiger partial charge on any atom is -0.496 e. The highest BCUT2D eigenvalue weighted by Gasteiger charge is 2.14. The van der Waals surface area contributed by atoms with Crippen LogP contribution in [-0.4, -0.2) is 17.9 Å². The Labute approximate surface area is 108 Å². The summed E-state index contributed by atoms with van der Waals surface area (Å²) in [6.45, 7) is 0. The second kappa shape index (κ2) is 5.29. The van der Waals surface area contributed by atoms with Crippen LogP contribution in [0.2, 0.25) is 5.02 Å². The minimum absolute atomic E-state index is 0.0199. The predicted molar refractivity (Wildman–Crippen MR) is 68.2 cm³/mol. The van der Waals surface area contributed by atoms with Crippen LogP contribution in [0.15, 0.2) is 29.8 Å². The van der Waals surface area contributed by atoms with Gasteiger partial charge < -0.3 is 4.74 Å². The van der Waals surface area contributed by atoms with Gasteiger partial charge in [0.25, 0.3) is 0 Å². The van der Waals surface area contributed by atoms with Crippen LogP contribution in [0.5, 0.6) is 5.75 Å². The first-order valence-corrected chi connectivity index (χ1v) is 6.21. The second-order valence-corrected chi connectivity index (χ2v) is 4.79. The number of hydrogen-bond donors (Lipinski definition) is 0. The van der Waals surface area contributed by atoms with E-state index in [1.807, 2.05) is 5.38 Å². The van der Waals surface area contributed by atoms with Gasteiger partial charge in [0.2, 0.25) is 0 Å². The van der Waals surface area contributed by atoms with Gasteiger partial charge in [0.1, 0.15) is 10.8 Å². The maximum absolute atomic E-state index is 12.0. The summed E-state index contributed by atoms with van der Waals surface area (Å²) in [4.78, 5) is 16.1. The maximum Gasteiger partial charge on any atom is 0.173 e. The van der Waals surface area contributed by atoms with Gasteiger partial charge in [-0.2, -0.15) is 0 Å². The van der Waals surface area contributed by atoms with Crippen molar-refractivity contribution in [2.75, 3.05) is 7.11 Å². The number of rotatable bonds is 4. The lowest BCUT2D eigenvalue weighted by molar-refractivity contribution is 0.0990. The van der Waals surface area contributed by atoms with Crippen molar-refractivity contribution >= 4 is 28.7 Å². The molecule has 0 radical (unpaired) electrons. The number of halogens is 1. The van der Waals surface area contributed by atoms with Gasteiger partial charge in [0.05, 0.1) is 19.1 Å². The molecule has 1 heterocycles. The molecule has 17 heavy (non-hydrogen) atoms. The van der Waals surface area contributed by atoms with E-state index in [-0.39, 0.29) is 12.2 Å². The van der Waals surface area contributed by atoms with E-state index >= 15 is 0 Å². The Kier molecular flexibility index (Phi) is 3.76. The van der Waals surface area contributed by atoms with Crippen molar-refractivity contribution in [2.45, 2.75) is 6.42 Å². The molecular weight excluding hydrogens is 258 g/mol. The third kappa shape index (κ3) is 2.84. The first-order chi connectivity index (χ1) is 8.20. The molecule has 2 aromatic rings. The van der Waals surface area contributed by atoms with Crippen molar-refractivity contribution in [2.24, 2.45) is 0 Å². The molecule has 0 fully saturated rings. The van der Waals surface area contributed by atoms with Gasteiger partial charge in [0, 0.05) is 16.6 Å². The quantitative estimate of drug-likeness (QED) is 0.799. The Morgan fingerprint density at radius 3 is 3.00 bits per heavy atom. The molecule has 88 valence electrons. The number of Topliss-reactive ketones (excluding diaryl/α,β-unsaturated/α-hetero) is 1. The third-order valence-electron chi connectivity index (χ3n) is 2.26. The highest BCUT2D eigenvalue weighted by molar-refractivity contribution is 7.09. The number of methoxy groups -OCH3 is 1. The van der Waals surface area contributed by atoms with Crippen molar-refractivity contribution in [3.63, 3.8) is 0 Å². The smallest absolute Gasteiger partial charge is 0.173 e. The van der Waals surface area contributed by atoms with Gasteiger partial charge in [-0.3, -0.25) is 4.79 Å². The Bertz CT molecular complexity index is 525. The molecule has 0 atom stereocenters. The number of ketones is 1. The summed E-state index contributed by atoms with van der Waals surface area (Å²) in [5, 5.41) is 3.20. The maximum atomic E-state index is 12.0. The molecule has 1 aromatic carbocycles. The normalized spacial score (nSPS) is 10.2. The van der Waals surface area contributed by atoms with Gasteiger partial charge in [-0.15, -0.1) is 11.3 Å². The summed E-state index contributed by atoms with van der Waals surface area (Å²) in [7, 11) is 1.52. The van der Waals surface area contributed by atoms with Crippen molar-refractivity contribution in [3.05, 3.63) is 45.4 Å². The van der Waals surface area contributed by atoms with E-state index in [0.717, 1.165) is 5.01 Å². The topological polar surface area (TPSA) is 39.2 Å². The monoisotopic (exact) mass is 267 g/mol. The third-order valence-corrected chi connectivity index (χ3v) is 3.27. The highest BCUT2D eigenvalue weighted by Crippen LogP contribution is 2.24. The summed E-state index contributed by atoms with van der Waals surface area (Å²) in [5.74, 6) is 0.479. The zero-order chi connectivity index (χ0) is 12.3. The number of aromatic nitrogens is 1. The van der Waals surface area contributed by atoms with Crippen LogP contribution >= 0.6 is 22.9 Å². The molecule has 2 rings (SSSR count). The van der Waals surface area contributed by atoms with Crippen LogP contribution in [0.3, 0.4) is 0 Å². The summed E-state index contributed by atoms with van der Waals surface area (Å²) in [6, 6.07) is 4.99. The molecule has 0 saturated carbocycles.